The van der Waals surface area contributed by atoms with E-state index in [4.69, 9.17) is 27.9 Å². The number of hydrogen-bond donors (Lipinski definition) is 1. The van der Waals surface area contributed by atoms with Crippen LogP contribution in [0.3, 0.4) is 0 Å². The van der Waals surface area contributed by atoms with Crippen molar-refractivity contribution >= 4 is 38.9 Å². The Morgan fingerprint density at radius 3 is 2.65 bits per heavy atom. The number of hydrogen-bond acceptors (Lipinski definition) is 4. The summed E-state index contributed by atoms with van der Waals surface area (Å²) in [5, 5.41) is 0.122. The fourth-order valence-corrected chi connectivity index (χ4v) is 3.34. The van der Waals surface area contributed by atoms with Crippen LogP contribution in [0.25, 0.3) is 0 Å². The average Bonchev–Trinajstić information content (AvgIpc) is 2.42. The van der Waals surface area contributed by atoms with Crippen molar-refractivity contribution in [3.8, 4) is 5.88 Å². The van der Waals surface area contributed by atoms with Gasteiger partial charge in [-0.15, -0.1) is 0 Å². The van der Waals surface area contributed by atoms with Gasteiger partial charge in [-0.3, -0.25) is 4.72 Å². The van der Waals surface area contributed by atoms with Crippen LogP contribution in [0, 0.1) is 0 Å². The lowest BCUT2D eigenvalue weighted by Gasteiger charge is -2.12. The lowest BCUT2D eigenvalue weighted by Crippen LogP contribution is -2.14. The topological polar surface area (TPSA) is 68.3 Å². The summed E-state index contributed by atoms with van der Waals surface area (Å²) in [6.07, 6.45) is 1.49. The summed E-state index contributed by atoms with van der Waals surface area (Å²) in [5.41, 5.74) is 0.214. The summed E-state index contributed by atoms with van der Waals surface area (Å²) in [5.74, 6) is 0.161. The predicted octanol–water partition coefficient (Wildman–Crippen LogP) is 3.20. The second-order valence-electron chi connectivity index (χ2n) is 3.72. The summed E-state index contributed by atoms with van der Waals surface area (Å²) in [7, 11) is -2.49. The van der Waals surface area contributed by atoms with Crippen LogP contribution >= 0.6 is 23.2 Å². The van der Waals surface area contributed by atoms with Crippen LogP contribution in [-0.2, 0) is 10.0 Å². The van der Waals surface area contributed by atoms with E-state index in [9.17, 15) is 8.42 Å². The minimum Gasteiger partial charge on any atom is -0.480 e. The molecule has 0 fully saturated rings. The van der Waals surface area contributed by atoms with Crippen LogP contribution in [0.15, 0.2) is 41.4 Å². The van der Waals surface area contributed by atoms with Crippen molar-refractivity contribution in [3.63, 3.8) is 0 Å². The lowest BCUT2D eigenvalue weighted by molar-refractivity contribution is 0.400. The molecular formula is C12H10Cl2N2O3S. The molecule has 1 aromatic heterocycles. The molecule has 106 valence electrons. The molecule has 0 unspecified atom stereocenters. The molecule has 0 spiro atoms. The highest BCUT2D eigenvalue weighted by atomic mass is 35.5. The molecule has 0 amide bonds. The number of methoxy groups -OCH3 is 1. The summed E-state index contributed by atoms with van der Waals surface area (Å²) < 4.78 is 32.0. The molecule has 0 radical (unpaired) electrons. The molecule has 2 aromatic rings. The fourth-order valence-electron chi connectivity index (χ4n) is 1.52. The zero-order chi connectivity index (χ0) is 14.8. The van der Waals surface area contributed by atoms with Gasteiger partial charge in [0, 0.05) is 6.20 Å². The first-order valence-electron chi connectivity index (χ1n) is 5.41. The Labute approximate surface area is 126 Å². The van der Waals surface area contributed by atoms with Gasteiger partial charge in [0.05, 0.1) is 17.2 Å². The van der Waals surface area contributed by atoms with Crippen molar-refractivity contribution in [3.05, 3.63) is 46.6 Å². The lowest BCUT2D eigenvalue weighted by atomic mass is 10.4. The van der Waals surface area contributed by atoms with Crippen molar-refractivity contribution < 1.29 is 13.2 Å². The van der Waals surface area contributed by atoms with E-state index in [-0.39, 0.29) is 26.5 Å². The van der Waals surface area contributed by atoms with Crippen molar-refractivity contribution in [2.75, 3.05) is 11.8 Å². The fraction of sp³-hybridized carbons (Fsp3) is 0.0833. The Kier molecular flexibility index (Phi) is 4.37. The minimum absolute atomic E-state index is 0.0375. The van der Waals surface area contributed by atoms with Gasteiger partial charge in [-0.1, -0.05) is 29.3 Å². The smallest absolute Gasteiger partial charge is 0.263 e. The molecule has 0 atom stereocenters. The zero-order valence-corrected chi connectivity index (χ0v) is 12.6. The SMILES string of the molecule is COc1ncccc1NS(=O)(=O)c1cccc(Cl)c1Cl. The van der Waals surface area contributed by atoms with Gasteiger partial charge in [-0.2, -0.15) is 0 Å². The second kappa shape index (κ2) is 5.87. The molecule has 0 saturated heterocycles. The van der Waals surface area contributed by atoms with E-state index in [0.29, 0.717) is 0 Å². The number of ether oxygens (including phenoxy) is 1. The second-order valence-corrected chi connectivity index (χ2v) is 6.15. The Hall–Kier alpha value is -1.50. The van der Waals surface area contributed by atoms with Crippen molar-refractivity contribution in [2.45, 2.75) is 4.90 Å². The molecular weight excluding hydrogens is 323 g/mol. The van der Waals surface area contributed by atoms with Gasteiger partial charge in [0.15, 0.2) is 0 Å². The van der Waals surface area contributed by atoms with E-state index >= 15 is 0 Å². The molecule has 8 heteroatoms. The van der Waals surface area contributed by atoms with Gasteiger partial charge >= 0.3 is 0 Å². The van der Waals surface area contributed by atoms with Gasteiger partial charge in [-0.25, -0.2) is 13.4 Å². The van der Waals surface area contributed by atoms with Crippen LogP contribution in [-0.4, -0.2) is 20.5 Å². The zero-order valence-electron chi connectivity index (χ0n) is 10.3. The highest BCUT2D eigenvalue weighted by molar-refractivity contribution is 7.92. The van der Waals surface area contributed by atoms with Gasteiger partial charge in [0.1, 0.15) is 10.6 Å². The predicted molar refractivity (Wildman–Crippen MR) is 78.1 cm³/mol. The third-order valence-corrected chi connectivity index (χ3v) is 4.75. The molecule has 0 saturated carbocycles. The molecule has 0 aliphatic carbocycles. The minimum atomic E-state index is -3.89. The average molecular weight is 333 g/mol. The highest BCUT2D eigenvalue weighted by Crippen LogP contribution is 2.31. The van der Waals surface area contributed by atoms with Crippen LogP contribution in [0.5, 0.6) is 5.88 Å². The van der Waals surface area contributed by atoms with Crippen molar-refractivity contribution in [2.24, 2.45) is 0 Å². The number of benzene rings is 1. The Bertz CT molecular complexity index is 735. The number of halogens is 2. The summed E-state index contributed by atoms with van der Waals surface area (Å²) in [6, 6.07) is 7.48. The highest BCUT2D eigenvalue weighted by Gasteiger charge is 2.21. The molecule has 1 N–H and O–H groups in total. The van der Waals surface area contributed by atoms with Crippen LogP contribution < -0.4 is 9.46 Å². The van der Waals surface area contributed by atoms with Crippen LogP contribution in [0.4, 0.5) is 5.69 Å². The number of nitrogens with one attached hydrogen (secondary N) is 1. The summed E-state index contributed by atoms with van der Waals surface area (Å²) in [6.45, 7) is 0. The number of anilines is 1. The van der Waals surface area contributed by atoms with E-state index in [2.05, 4.69) is 9.71 Å². The van der Waals surface area contributed by atoms with Crippen molar-refractivity contribution in [1.29, 1.82) is 0 Å². The summed E-state index contributed by atoms with van der Waals surface area (Å²) >= 11 is 11.7. The molecule has 1 heterocycles. The number of pyridine rings is 1. The number of nitrogens with zero attached hydrogens (tertiary/aromatic N) is 1. The molecule has 2 rings (SSSR count). The van der Waals surface area contributed by atoms with Gasteiger partial charge in [0.25, 0.3) is 10.0 Å². The Balaban J connectivity index is 2.44. The normalized spacial score (nSPS) is 11.2. The van der Waals surface area contributed by atoms with Crippen molar-refractivity contribution in [1.82, 2.24) is 4.98 Å². The molecule has 0 aliphatic heterocycles. The molecule has 0 aliphatic rings. The van der Waals surface area contributed by atoms with E-state index in [1.807, 2.05) is 0 Å². The first-order chi connectivity index (χ1) is 9.45. The third kappa shape index (κ3) is 2.98. The quantitative estimate of drug-likeness (QED) is 0.933. The molecule has 5 nitrogen and oxygen atoms in total. The van der Waals surface area contributed by atoms with E-state index in [1.54, 1.807) is 6.07 Å². The first-order valence-corrected chi connectivity index (χ1v) is 7.65. The van der Waals surface area contributed by atoms with Crippen LogP contribution in [0.2, 0.25) is 10.0 Å². The number of aromatic nitrogens is 1. The maximum absolute atomic E-state index is 12.3. The number of rotatable bonds is 4. The van der Waals surface area contributed by atoms with E-state index in [0.717, 1.165) is 0 Å². The maximum Gasteiger partial charge on any atom is 0.263 e. The molecule has 0 bridgehead atoms. The largest absolute Gasteiger partial charge is 0.480 e. The first kappa shape index (κ1) is 14.9. The van der Waals surface area contributed by atoms with E-state index in [1.165, 1.54) is 37.6 Å². The monoisotopic (exact) mass is 332 g/mol. The third-order valence-electron chi connectivity index (χ3n) is 2.41. The Morgan fingerprint density at radius 1 is 1.20 bits per heavy atom. The number of sulfonamides is 1. The van der Waals surface area contributed by atoms with E-state index < -0.39 is 10.0 Å². The standard InChI is InChI=1S/C12H10Cl2N2O3S/c1-19-12-9(5-3-7-15-12)16-20(17,18)10-6-2-4-8(13)11(10)14/h2-7,16H,1H3. The van der Waals surface area contributed by atoms with Gasteiger partial charge in [-0.05, 0) is 24.3 Å². The Morgan fingerprint density at radius 2 is 1.95 bits per heavy atom. The summed E-state index contributed by atoms with van der Waals surface area (Å²) in [4.78, 5) is 3.79. The maximum atomic E-state index is 12.3. The van der Waals surface area contributed by atoms with Crippen LogP contribution in [0.1, 0.15) is 0 Å². The van der Waals surface area contributed by atoms with Gasteiger partial charge in [0.2, 0.25) is 5.88 Å². The molecule has 1 aromatic carbocycles. The molecule has 20 heavy (non-hydrogen) atoms. The van der Waals surface area contributed by atoms with Gasteiger partial charge < -0.3 is 4.74 Å².